The minimum atomic E-state index is 0.558. The summed E-state index contributed by atoms with van der Waals surface area (Å²) < 4.78 is 0. The first-order chi connectivity index (χ1) is 8.35. The predicted molar refractivity (Wildman–Crippen MR) is 77.4 cm³/mol. The quantitative estimate of drug-likeness (QED) is 0.590. The molecular formula is C14H28N2S. The van der Waals surface area contributed by atoms with Crippen molar-refractivity contribution in [3.63, 3.8) is 0 Å². The van der Waals surface area contributed by atoms with Crippen molar-refractivity contribution in [2.45, 2.75) is 44.6 Å². The van der Waals surface area contributed by atoms with E-state index in [-0.39, 0.29) is 0 Å². The van der Waals surface area contributed by atoms with E-state index in [0.29, 0.717) is 6.04 Å². The molecule has 17 heavy (non-hydrogen) atoms. The molecule has 0 amide bonds. The van der Waals surface area contributed by atoms with E-state index < -0.39 is 0 Å². The predicted octanol–water partition coefficient (Wildman–Crippen LogP) is 2.48. The van der Waals surface area contributed by atoms with Crippen LogP contribution in [-0.4, -0.2) is 31.1 Å². The summed E-state index contributed by atoms with van der Waals surface area (Å²) in [7, 11) is 0. The topological polar surface area (TPSA) is 38.0 Å². The monoisotopic (exact) mass is 256 g/mol. The lowest BCUT2D eigenvalue weighted by molar-refractivity contribution is 0.348. The van der Waals surface area contributed by atoms with Crippen molar-refractivity contribution < 1.29 is 0 Å². The normalized spacial score (nSPS) is 22.1. The zero-order valence-corrected chi connectivity index (χ0v) is 12.0. The first-order valence-corrected chi connectivity index (χ1v) is 8.67. The molecule has 0 aromatic carbocycles. The van der Waals surface area contributed by atoms with E-state index in [1.165, 1.54) is 50.8 Å². The molecule has 0 bridgehead atoms. The smallest absolute Gasteiger partial charge is 0.0190 e. The Labute approximate surface area is 110 Å². The Bertz CT molecular complexity index is 202. The summed E-state index contributed by atoms with van der Waals surface area (Å²) in [6.45, 7) is 2.03. The maximum atomic E-state index is 5.86. The molecule has 2 nitrogen and oxygen atoms in total. The van der Waals surface area contributed by atoms with Crippen LogP contribution in [0.1, 0.15) is 38.5 Å². The first-order valence-electron chi connectivity index (χ1n) is 7.27. The Kier molecular flexibility index (Phi) is 5.64. The lowest BCUT2D eigenvalue weighted by Gasteiger charge is -2.22. The van der Waals surface area contributed by atoms with E-state index >= 15 is 0 Å². The summed E-state index contributed by atoms with van der Waals surface area (Å²) in [6, 6.07) is 0.558. The van der Waals surface area contributed by atoms with Crippen molar-refractivity contribution >= 4 is 11.8 Å². The summed E-state index contributed by atoms with van der Waals surface area (Å²) in [5.41, 5.74) is 5.86. The highest BCUT2D eigenvalue weighted by molar-refractivity contribution is 7.98. The number of hydrogen-bond acceptors (Lipinski definition) is 3. The number of nitrogens with two attached hydrogens (primary N) is 1. The van der Waals surface area contributed by atoms with Gasteiger partial charge >= 0.3 is 0 Å². The Hall–Kier alpha value is 0.270. The minimum absolute atomic E-state index is 0.558. The van der Waals surface area contributed by atoms with Gasteiger partial charge in [0.2, 0.25) is 0 Å². The van der Waals surface area contributed by atoms with Gasteiger partial charge in [-0.1, -0.05) is 0 Å². The SMILES string of the molecule is CSCCCC(CN)NCC(C1CC1)C1CC1. The molecule has 3 heteroatoms. The first kappa shape index (κ1) is 13.7. The molecule has 2 rings (SSSR count). The summed E-state index contributed by atoms with van der Waals surface area (Å²) in [4.78, 5) is 0. The molecule has 0 aliphatic heterocycles. The van der Waals surface area contributed by atoms with Crippen LogP contribution in [-0.2, 0) is 0 Å². The van der Waals surface area contributed by atoms with Crippen LogP contribution in [0.15, 0.2) is 0 Å². The average molecular weight is 256 g/mol. The standard InChI is InChI=1S/C14H28N2S/c1-17-8-2-3-13(9-15)16-10-14(11-4-5-11)12-6-7-12/h11-14,16H,2-10,15H2,1H3. The van der Waals surface area contributed by atoms with Gasteiger partial charge in [0.15, 0.2) is 0 Å². The van der Waals surface area contributed by atoms with Gasteiger partial charge in [-0.15, -0.1) is 0 Å². The fraction of sp³-hybridized carbons (Fsp3) is 1.00. The highest BCUT2D eigenvalue weighted by atomic mass is 32.2. The van der Waals surface area contributed by atoms with Crippen molar-refractivity contribution in [2.75, 3.05) is 25.1 Å². The maximum Gasteiger partial charge on any atom is 0.0190 e. The molecule has 2 saturated carbocycles. The molecule has 0 aromatic heterocycles. The Balaban J connectivity index is 1.63. The van der Waals surface area contributed by atoms with Gasteiger partial charge in [-0.2, -0.15) is 11.8 Å². The second-order valence-electron chi connectivity index (χ2n) is 5.81. The van der Waals surface area contributed by atoms with Crippen LogP contribution in [0.25, 0.3) is 0 Å². The van der Waals surface area contributed by atoms with Crippen LogP contribution < -0.4 is 11.1 Å². The highest BCUT2D eigenvalue weighted by Crippen LogP contribution is 2.48. The summed E-state index contributed by atoms with van der Waals surface area (Å²) in [6.07, 6.45) is 10.7. The molecule has 0 saturated heterocycles. The Morgan fingerprint density at radius 3 is 2.35 bits per heavy atom. The third-order valence-corrected chi connectivity index (χ3v) is 4.98. The summed E-state index contributed by atoms with van der Waals surface area (Å²) >= 11 is 1.94. The van der Waals surface area contributed by atoms with E-state index in [0.717, 1.165) is 24.3 Å². The lowest BCUT2D eigenvalue weighted by atomic mass is 9.97. The molecule has 0 spiro atoms. The van der Waals surface area contributed by atoms with Crippen molar-refractivity contribution in [3.8, 4) is 0 Å². The molecule has 1 unspecified atom stereocenters. The van der Waals surface area contributed by atoms with Crippen molar-refractivity contribution in [2.24, 2.45) is 23.5 Å². The van der Waals surface area contributed by atoms with Crippen LogP contribution in [0.5, 0.6) is 0 Å². The maximum absolute atomic E-state index is 5.86. The molecule has 0 aromatic rings. The fourth-order valence-corrected chi connectivity index (χ4v) is 3.30. The van der Waals surface area contributed by atoms with Gasteiger partial charge in [0.05, 0.1) is 0 Å². The molecule has 2 aliphatic carbocycles. The van der Waals surface area contributed by atoms with Gasteiger partial charge in [0, 0.05) is 12.6 Å². The van der Waals surface area contributed by atoms with Gasteiger partial charge in [-0.05, 0) is 74.8 Å². The van der Waals surface area contributed by atoms with Crippen molar-refractivity contribution in [1.29, 1.82) is 0 Å². The molecule has 100 valence electrons. The molecular weight excluding hydrogens is 228 g/mol. The van der Waals surface area contributed by atoms with Gasteiger partial charge < -0.3 is 11.1 Å². The van der Waals surface area contributed by atoms with E-state index in [2.05, 4.69) is 11.6 Å². The van der Waals surface area contributed by atoms with Crippen molar-refractivity contribution in [3.05, 3.63) is 0 Å². The number of hydrogen-bond donors (Lipinski definition) is 2. The minimum Gasteiger partial charge on any atom is -0.329 e. The number of nitrogens with one attached hydrogen (secondary N) is 1. The zero-order chi connectivity index (χ0) is 12.1. The Morgan fingerprint density at radius 2 is 1.88 bits per heavy atom. The summed E-state index contributed by atoms with van der Waals surface area (Å²) in [5.74, 6) is 4.36. The highest BCUT2D eigenvalue weighted by Gasteiger charge is 2.41. The molecule has 1 atom stereocenters. The molecule has 3 N–H and O–H groups in total. The average Bonchev–Trinajstić information content (AvgIpc) is 3.19. The van der Waals surface area contributed by atoms with E-state index in [9.17, 15) is 0 Å². The fourth-order valence-electron chi connectivity index (χ4n) is 2.85. The number of thioether (sulfide) groups is 1. The van der Waals surface area contributed by atoms with Crippen molar-refractivity contribution in [1.82, 2.24) is 5.32 Å². The van der Waals surface area contributed by atoms with Crippen LogP contribution in [0.4, 0.5) is 0 Å². The lowest BCUT2D eigenvalue weighted by Crippen LogP contribution is -2.39. The van der Waals surface area contributed by atoms with Gasteiger partial charge in [-0.25, -0.2) is 0 Å². The summed E-state index contributed by atoms with van der Waals surface area (Å²) in [5, 5.41) is 3.74. The molecule has 2 fully saturated rings. The number of rotatable bonds is 10. The zero-order valence-electron chi connectivity index (χ0n) is 11.2. The molecule has 0 heterocycles. The van der Waals surface area contributed by atoms with Gasteiger partial charge in [-0.3, -0.25) is 0 Å². The second kappa shape index (κ2) is 7.01. The second-order valence-corrected chi connectivity index (χ2v) is 6.80. The van der Waals surface area contributed by atoms with Crippen LogP contribution >= 0.6 is 11.8 Å². The van der Waals surface area contributed by atoms with E-state index in [1.54, 1.807) is 0 Å². The van der Waals surface area contributed by atoms with Crippen LogP contribution in [0.2, 0.25) is 0 Å². The van der Waals surface area contributed by atoms with Crippen LogP contribution in [0, 0.1) is 17.8 Å². The van der Waals surface area contributed by atoms with Gasteiger partial charge in [0.1, 0.15) is 0 Å². The molecule has 0 radical (unpaired) electrons. The third-order valence-electron chi connectivity index (χ3n) is 4.28. The van der Waals surface area contributed by atoms with Crippen LogP contribution in [0.3, 0.4) is 0 Å². The van der Waals surface area contributed by atoms with E-state index in [1.807, 2.05) is 11.8 Å². The molecule has 2 aliphatic rings. The Morgan fingerprint density at radius 1 is 1.24 bits per heavy atom. The third kappa shape index (κ3) is 4.80. The van der Waals surface area contributed by atoms with E-state index in [4.69, 9.17) is 5.73 Å². The van der Waals surface area contributed by atoms with Gasteiger partial charge in [0.25, 0.3) is 0 Å². The largest absolute Gasteiger partial charge is 0.329 e.